The van der Waals surface area contributed by atoms with Crippen LogP contribution in [0.3, 0.4) is 0 Å². The third kappa shape index (κ3) is 1.94. The third-order valence-corrected chi connectivity index (χ3v) is 4.95. The molecule has 0 heterocycles. The Labute approximate surface area is 109 Å². The average Bonchev–Trinajstić information content (AvgIpc) is 2.21. The first kappa shape index (κ1) is 13.8. The minimum Gasteiger partial charge on any atom is -0.390 e. The highest BCUT2D eigenvalue weighted by molar-refractivity contribution is 5.96. The third-order valence-electron chi connectivity index (χ3n) is 4.95. The van der Waals surface area contributed by atoms with E-state index in [2.05, 4.69) is 13.8 Å². The highest BCUT2D eigenvalue weighted by Gasteiger charge is 2.56. The highest BCUT2D eigenvalue weighted by Crippen LogP contribution is 2.51. The maximum absolute atomic E-state index is 11.9. The zero-order valence-electron chi connectivity index (χ0n) is 11.7. The number of Topliss-reactive ketones (excluding diaryl/α,β-unsaturated/α-hetero) is 1. The molecular formula is C15H24O3. The molecule has 0 bridgehead atoms. The van der Waals surface area contributed by atoms with Crippen molar-refractivity contribution in [3.05, 3.63) is 11.6 Å². The molecule has 3 nitrogen and oxygen atoms in total. The molecule has 2 N–H and O–H groups in total. The Morgan fingerprint density at radius 3 is 2.56 bits per heavy atom. The molecule has 0 radical (unpaired) electrons. The molecule has 0 aliphatic heterocycles. The van der Waals surface area contributed by atoms with Crippen molar-refractivity contribution >= 4 is 5.78 Å². The van der Waals surface area contributed by atoms with Crippen molar-refractivity contribution in [3.63, 3.8) is 0 Å². The zero-order chi connectivity index (χ0) is 13.7. The first-order valence-corrected chi connectivity index (χ1v) is 6.86. The minimum atomic E-state index is -1.03. The van der Waals surface area contributed by atoms with E-state index < -0.39 is 11.2 Å². The molecule has 0 aromatic carbocycles. The molecule has 2 rings (SSSR count). The van der Waals surface area contributed by atoms with Crippen LogP contribution in [0, 0.1) is 17.8 Å². The van der Waals surface area contributed by atoms with Crippen molar-refractivity contribution in [1.82, 2.24) is 0 Å². The fraction of sp³-hybridized carbons (Fsp3) is 0.800. The maximum Gasteiger partial charge on any atom is 0.158 e. The SMILES string of the molecule is CC1=C[C@@]2(O)[C@@H](C(C)C)CC[C@](C)(O)[C@@H]2CC1=O. The largest absolute Gasteiger partial charge is 0.390 e. The second kappa shape index (κ2) is 4.17. The lowest BCUT2D eigenvalue weighted by Crippen LogP contribution is -2.60. The van der Waals surface area contributed by atoms with Gasteiger partial charge in [0.05, 0.1) is 11.2 Å². The van der Waals surface area contributed by atoms with Crippen molar-refractivity contribution in [2.75, 3.05) is 0 Å². The lowest BCUT2D eigenvalue weighted by Gasteiger charge is -2.54. The second-order valence-corrected chi connectivity index (χ2v) is 6.64. The summed E-state index contributed by atoms with van der Waals surface area (Å²) in [5, 5.41) is 21.6. The van der Waals surface area contributed by atoms with Crippen LogP contribution in [0.15, 0.2) is 11.6 Å². The summed E-state index contributed by atoms with van der Waals surface area (Å²) in [5.41, 5.74) is -1.35. The first-order valence-electron chi connectivity index (χ1n) is 6.86. The summed E-state index contributed by atoms with van der Waals surface area (Å²) in [6.07, 6.45) is 3.43. The van der Waals surface area contributed by atoms with Crippen LogP contribution in [0.1, 0.15) is 47.0 Å². The quantitative estimate of drug-likeness (QED) is 0.751. The Balaban J connectivity index is 2.49. The molecule has 0 unspecified atom stereocenters. The number of aliphatic hydroxyl groups is 2. The monoisotopic (exact) mass is 252 g/mol. The van der Waals surface area contributed by atoms with E-state index in [9.17, 15) is 15.0 Å². The number of carbonyl (C=O) groups is 1. The van der Waals surface area contributed by atoms with E-state index in [4.69, 9.17) is 0 Å². The van der Waals surface area contributed by atoms with Crippen molar-refractivity contribution in [2.24, 2.45) is 17.8 Å². The van der Waals surface area contributed by atoms with Gasteiger partial charge in [0.15, 0.2) is 5.78 Å². The van der Waals surface area contributed by atoms with Crippen molar-refractivity contribution < 1.29 is 15.0 Å². The van der Waals surface area contributed by atoms with Gasteiger partial charge in [-0.1, -0.05) is 13.8 Å². The number of rotatable bonds is 1. The number of allylic oxidation sites excluding steroid dienone is 1. The molecule has 0 aromatic rings. The van der Waals surface area contributed by atoms with Crippen LogP contribution in [0.25, 0.3) is 0 Å². The average molecular weight is 252 g/mol. The Morgan fingerprint density at radius 1 is 1.39 bits per heavy atom. The van der Waals surface area contributed by atoms with E-state index in [1.54, 1.807) is 19.9 Å². The van der Waals surface area contributed by atoms with Gasteiger partial charge in [0, 0.05) is 12.3 Å². The van der Waals surface area contributed by atoms with Crippen LogP contribution in [0.2, 0.25) is 0 Å². The van der Waals surface area contributed by atoms with Crippen molar-refractivity contribution in [2.45, 2.75) is 58.2 Å². The van der Waals surface area contributed by atoms with E-state index in [0.29, 0.717) is 17.9 Å². The van der Waals surface area contributed by atoms with Crippen LogP contribution in [0.5, 0.6) is 0 Å². The number of hydrogen-bond donors (Lipinski definition) is 2. The van der Waals surface area contributed by atoms with Crippen molar-refractivity contribution in [3.8, 4) is 0 Å². The number of fused-ring (bicyclic) bond motifs is 1. The lowest BCUT2D eigenvalue weighted by molar-refractivity contribution is -0.174. The van der Waals surface area contributed by atoms with Gasteiger partial charge in [-0.25, -0.2) is 0 Å². The summed E-state index contributed by atoms with van der Waals surface area (Å²) in [7, 11) is 0. The summed E-state index contributed by atoms with van der Waals surface area (Å²) in [6.45, 7) is 7.71. The van der Waals surface area contributed by atoms with Gasteiger partial charge >= 0.3 is 0 Å². The number of ketones is 1. The molecule has 0 spiro atoms. The molecule has 3 heteroatoms. The van der Waals surface area contributed by atoms with E-state index >= 15 is 0 Å². The van der Waals surface area contributed by atoms with Crippen LogP contribution >= 0.6 is 0 Å². The summed E-state index contributed by atoms with van der Waals surface area (Å²) >= 11 is 0. The van der Waals surface area contributed by atoms with Gasteiger partial charge in [-0.2, -0.15) is 0 Å². The summed E-state index contributed by atoms with van der Waals surface area (Å²) < 4.78 is 0. The molecule has 0 aromatic heterocycles. The Hall–Kier alpha value is -0.670. The predicted octanol–water partition coefficient (Wildman–Crippen LogP) is 2.07. The van der Waals surface area contributed by atoms with E-state index in [1.165, 1.54) is 0 Å². The molecular weight excluding hydrogens is 228 g/mol. The maximum atomic E-state index is 11.9. The smallest absolute Gasteiger partial charge is 0.158 e. The lowest BCUT2D eigenvalue weighted by atomic mass is 9.55. The molecule has 1 saturated carbocycles. The molecule has 102 valence electrons. The highest BCUT2D eigenvalue weighted by atomic mass is 16.3. The van der Waals surface area contributed by atoms with Gasteiger partial charge in [-0.05, 0) is 50.2 Å². The number of carbonyl (C=O) groups excluding carboxylic acids is 1. The summed E-state index contributed by atoms with van der Waals surface area (Å²) in [5.74, 6) is 0.133. The van der Waals surface area contributed by atoms with Gasteiger partial charge in [0.1, 0.15) is 0 Å². The fourth-order valence-electron chi connectivity index (χ4n) is 3.84. The molecule has 2 aliphatic carbocycles. The van der Waals surface area contributed by atoms with E-state index in [-0.39, 0.29) is 24.0 Å². The van der Waals surface area contributed by atoms with Crippen molar-refractivity contribution in [1.29, 1.82) is 0 Å². The Morgan fingerprint density at radius 2 is 2.00 bits per heavy atom. The Kier molecular flexibility index (Phi) is 3.19. The molecule has 18 heavy (non-hydrogen) atoms. The van der Waals surface area contributed by atoms with Gasteiger partial charge < -0.3 is 10.2 Å². The molecule has 1 fully saturated rings. The second-order valence-electron chi connectivity index (χ2n) is 6.64. The topological polar surface area (TPSA) is 57.5 Å². The minimum absolute atomic E-state index is 0.0503. The van der Waals surface area contributed by atoms with Gasteiger partial charge in [0.25, 0.3) is 0 Å². The summed E-state index contributed by atoms with van der Waals surface area (Å²) in [6, 6.07) is 0. The Bertz CT molecular complexity index is 395. The predicted molar refractivity (Wildman–Crippen MR) is 70.0 cm³/mol. The fourth-order valence-corrected chi connectivity index (χ4v) is 3.84. The molecule has 0 amide bonds. The standard InChI is InChI=1S/C15H24O3/c1-9(2)11-5-6-14(4,17)13-7-12(16)10(3)8-15(11,13)18/h8-9,11,13,17-18H,5-7H2,1-4H3/t11-,13+,14+,15-/m1/s1. The first-order chi connectivity index (χ1) is 8.18. The summed E-state index contributed by atoms with van der Waals surface area (Å²) in [4.78, 5) is 11.9. The zero-order valence-corrected chi connectivity index (χ0v) is 11.7. The van der Waals surface area contributed by atoms with Crippen LogP contribution in [0.4, 0.5) is 0 Å². The van der Waals surface area contributed by atoms with Crippen LogP contribution < -0.4 is 0 Å². The van der Waals surface area contributed by atoms with E-state index in [1.807, 2.05) is 0 Å². The van der Waals surface area contributed by atoms with Crippen LogP contribution in [-0.2, 0) is 4.79 Å². The number of hydrogen-bond acceptors (Lipinski definition) is 3. The van der Waals surface area contributed by atoms with Gasteiger partial charge in [-0.15, -0.1) is 0 Å². The molecule has 0 saturated heterocycles. The molecule has 4 atom stereocenters. The van der Waals surface area contributed by atoms with Gasteiger partial charge in [-0.3, -0.25) is 4.79 Å². The van der Waals surface area contributed by atoms with Gasteiger partial charge in [0.2, 0.25) is 0 Å². The normalized spacial score (nSPS) is 44.8. The van der Waals surface area contributed by atoms with Crippen LogP contribution in [-0.4, -0.2) is 27.2 Å². The van der Waals surface area contributed by atoms with E-state index in [0.717, 1.165) is 6.42 Å². The molecule has 2 aliphatic rings.